The van der Waals surface area contributed by atoms with Gasteiger partial charge in [-0.2, -0.15) is 0 Å². The van der Waals surface area contributed by atoms with Crippen LogP contribution in [-0.4, -0.2) is 21.0 Å². The van der Waals surface area contributed by atoms with Crippen LogP contribution in [0.2, 0.25) is 0 Å². The molecule has 0 atom stereocenters. The Balaban J connectivity index is 1.64. The van der Waals surface area contributed by atoms with E-state index in [0.29, 0.717) is 17.2 Å². The summed E-state index contributed by atoms with van der Waals surface area (Å²) in [7, 11) is -3.73. The molecule has 0 unspecified atom stereocenters. The summed E-state index contributed by atoms with van der Waals surface area (Å²) in [6.45, 7) is 2.06. The van der Waals surface area contributed by atoms with Gasteiger partial charge in [-0.3, -0.25) is 4.72 Å². The lowest BCUT2D eigenvalue weighted by Gasteiger charge is -2.09. The molecule has 0 fully saturated rings. The van der Waals surface area contributed by atoms with E-state index >= 15 is 0 Å². The molecule has 28 heavy (non-hydrogen) atoms. The number of ether oxygens (including phenoxy) is 1. The van der Waals surface area contributed by atoms with Crippen LogP contribution in [0.4, 0.5) is 5.69 Å². The van der Waals surface area contributed by atoms with Crippen molar-refractivity contribution in [3.05, 3.63) is 71.6 Å². The topological polar surface area (TPSA) is 72.5 Å². The lowest BCUT2D eigenvalue weighted by molar-refractivity contribution is 0.0532. The third-order valence-corrected chi connectivity index (χ3v) is 6.75. The van der Waals surface area contributed by atoms with Gasteiger partial charge in [0.15, 0.2) is 0 Å². The van der Waals surface area contributed by atoms with Crippen molar-refractivity contribution in [2.75, 3.05) is 11.3 Å². The van der Waals surface area contributed by atoms with Crippen molar-refractivity contribution >= 4 is 53.9 Å². The molecule has 0 saturated carbocycles. The summed E-state index contributed by atoms with van der Waals surface area (Å²) < 4.78 is 34.1. The van der Waals surface area contributed by atoms with Gasteiger partial charge >= 0.3 is 5.97 Å². The van der Waals surface area contributed by atoms with Crippen LogP contribution in [0.5, 0.6) is 0 Å². The number of nitrogens with one attached hydrogen (secondary N) is 1. The SMILES string of the molecule is CCOC(=O)c1cc2cc(NS(=O)(=O)c3ccc4ccccc4c3)ccc2s1. The lowest BCUT2D eigenvalue weighted by Crippen LogP contribution is -2.12. The number of esters is 1. The Morgan fingerprint density at radius 1 is 0.964 bits per heavy atom. The third-order valence-electron chi connectivity index (χ3n) is 4.28. The first-order valence-electron chi connectivity index (χ1n) is 8.68. The largest absolute Gasteiger partial charge is 0.462 e. The number of thiophene rings is 1. The minimum absolute atomic E-state index is 0.198. The van der Waals surface area contributed by atoms with E-state index in [1.54, 1.807) is 49.4 Å². The zero-order valence-corrected chi connectivity index (χ0v) is 16.6. The number of sulfonamides is 1. The average molecular weight is 412 g/mol. The summed E-state index contributed by atoms with van der Waals surface area (Å²) in [6, 6.07) is 19.5. The summed E-state index contributed by atoms with van der Waals surface area (Å²) in [5, 5.41) is 2.62. The zero-order chi connectivity index (χ0) is 19.7. The Hall–Kier alpha value is -2.90. The van der Waals surface area contributed by atoms with Gasteiger partial charge in [-0.1, -0.05) is 30.3 Å². The predicted octanol–water partition coefficient (Wildman–Crippen LogP) is 5.03. The van der Waals surface area contributed by atoms with Crippen LogP contribution >= 0.6 is 11.3 Å². The molecule has 4 aromatic rings. The van der Waals surface area contributed by atoms with Gasteiger partial charge in [0.05, 0.1) is 11.5 Å². The fourth-order valence-electron chi connectivity index (χ4n) is 2.96. The maximum Gasteiger partial charge on any atom is 0.348 e. The average Bonchev–Trinajstić information content (AvgIpc) is 3.11. The van der Waals surface area contributed by atoms with Gasteiger partial charge in [0.2, 0.25) is 0 Å². The molecule has 0 aliphatic carbocycles. The number of hydrogen-bond donors (Lipinski definition) is 1. The molecule has 0 spiro atoms. The van der Waals surface area contributed by atoms with Crippen LogP contribution in [0.25, 0.3) is 20.9 Å². The smallest absolute Gasteiger partial charge is 0.348 e. The summed E-state index contributed by atoms with van der Waals surface area (Å²) in [6.07, 6.45) is 0. The fraction of sp³-hybridized carbons (Fsp3) is 0.0952. The van der Waals surface area contributed by atoms with E-state index in [-0.39, 0.29) is 10.9 Å². The fourth-order valence-corrected chi connectivity index (χ4v) is 4.98. The number of fused-ring (bicyclic) bond motifs is 2. The molecule has 3 aromatic carbocycles. The number of carbonyl (C=O) groups is 1. The lowest BCUT2D eigenvalue weighted by atomic mass is 10.1. The van der Waals surface area contributed by atoms with Crippen molar-refractivity contribution in [1.82, 2.24) is 0 Å². The molecule has 0 bridgehead atoms. The minimum atomic E-state index is -3.73. The first-order chi connectivity index (χ1) is 13.5. The van der Waals surface area contributed by atoms with Crippen LogP contribution in [0.3, 0.4) is 0 Å². The van der Waals surface area contributed by atoms with E-state index in [1.165, 1.54) is 11.3 Å². The van der Waals surface area contributed by atoms with Gasteiger partial charge in [-0.15, -0.1) is 11.3 Å². The number of anilines is 1. The van der Waals surface area contributed by atoms with Crippen molar-refractivity contribution in [1.29, 1.82) is 0 Å². The monoisotopic (exact) mass is 411 g/mol. The summed E-state index contributed by atoms with van der Waals surface area (Å²) in [5.74, 6) is -0.373. The van der Waals surface area contributed by atoms with Crippen molar-refractivity contribution in [3.63, 3.8) is 0 Å². The Labute approximate surface area is 166 Å². The molecule has 7 heteroatoms. The van der Waals surface area contributed by atoms with E-state index in [4.69, 9.17) is 4.74 Å². The molecule has 1 aromatic heterocycles. The highest BCUT2D eigenvalue weighted by atomic mass is 32.2. The van der Waals surface area contributed by atoms with Gasteiger partial charge in [0.25, 0.3) is 10.0 Å². The standard InChI is InChI=1S/C21H17NO4S2/c1-2-26-21(23)20-13-16-11-17(8-10-19(16)27-20)22-28(24,25)18-9-7-14-5-3-4-6-15(14)12-18/h3-13,22H,2H2,1H3. The van der Waals surface area contributed by atoms with Crippen molar-refractivity contribution in [3.8, 4) is 0 Å². The normalized spacial score (nSPS) is 11.6. The molecule has 142 valence electrons. The van der Waals surface area contributed by atoms with Crippen LogP contribution < -0.4 is 4.72 Å². The van der Waals surface area contributed by atoms with Crippen molar-refractivity contribution < 1.29 is 17.9 Å². The van der Waals surface area contributed by atoms with Gasteiger partial charge in [-0.05, 0) is 59.5 Å². The first-order valence-corrected chi connectivity index (χ1v) is 11.0. The number of benzene rings is 3. The van der Waals surface area contributed by atoms with Crippen LogP contribution in [0.1, 0.15) is 16.6 Å². The van der Waals surface area contributed by atoms with Gasteiger partial charge in [-0.25, -0.2) is 13.2 Å². The van der Waals surface area contributed by atoms with Crippen molar-refractivity contribution in [2.24, 2.45) is 0 Å². The molecule has 5 nitrogen and oxygen atoms in total. The number of rotatable bonds is 5. The summed E-state index contributed by atoms with van der Waals surface area (Å²) >= 11 is 1.32. The Morgan fingerprint density at radius 3 is 2.54 bits per heavy atom. The highest BCUT2D eigenvalue weighted by Crippen LogP contribution is 2.30. The summed E-state index contributed by atoms with van der Waals surface area (Å²) in [4.78, 5) is 12.6. The molecule has 0 saturated heterocycles. The number of carbonyl (C=O) groups excluding carboxylic acids is 1. The first kappa shape index (κ1) is 18.5. The number of hydrogen-bond acceptors (Lipinski definition) is 5. The van der Waals surface area contributed by atoms with Gasteiger partial charge in [0.1, 0.15) is 4.88 Å². The van der Waals surface area contributed by atoms with E-state index in [0.717, 1.165) is 20.9 Å². The third kappa shape index (κ3) is 3.58. The van der Waals surface area contributed by atoms with E-state index in [1.807, 2.05) is 24.3 Å². The molecule has 0 amide bonds. The molecule has 0 aliphatic heterocycles. The molecular weight excluding hydrogens is 394 g/mol. The molecule has 0 radical (unpaired) electrons. The maximum atomic E-state index is 12.8. The second-order valence-electron chi connectivity index (χ2n) is 6.20. The second kappa shape index (κ2) is 7.26. The van der Waals surface area contributed by atoms with E-state index < -0.39 is 10.0 Å². The van der Waals surface area contributed by atoms with Gasteiger partial charge < -0.3 is 4.74 Å². The maximum absolute atomic E-state index is 12.8. The Bertz CT molecular complexity index is 1290. The molecule has 1 heterocycles. The van der Waals surface area contributed by atoms with Crippen LogP contribution in [0, 0.1) is 0 Å². The zero-order valence-electron chi connectivity index (χ0n) is 15.0. The molecular formula is C21H17NO4S2. The molecule has 1 N–H and O–H groups in total. The Kier molecular flexibility index (Phi) is 4.78. The van der Waals surface area contributed by atoms with E-state index in [2.05, 4.69) is 4.72 Å². The van der Waals surface area contributed by atoms with Crippen LogP contribution in [-0.2, 0) is 14.8 Å². The van der Waals surface area contributed by atoms with E-state index in [9.17, 15) is 13.2 Å². The molecule has 0 aliphatic rings. The predicted molar refractivity (Wildman–Crippen MR) is 113 cm³/mol. The van der Waals surface area contributed by atoms with Crippen molar-refractivity contribution in [2.45, 2.75) is 11.8 Å². The van der Waals surface area contributed by atoms with Crippen LogP contribution in [0.15, 0.2) is 71.6 Å². The van der Waals surface area contributed by atoms with Gasteiger partial charge in [0, 0.05) is 10.4 Å². The summed E-state index contributed by atoms with van der Waals surface area (Å²) in [5.41, 5.74) is 0.439. The quantitative estimate of drug-likeness (QED) is 0.468. The Morgan fingerprint density at radius 2 is 1.75 bits per heavy atom. The second-order valence-corrected chi connectivity index (χ2v) is 8.96. The highest BCUT2D eigenvalue weighted by Gasteiger charge is 2.16. The molecule has 4 rings (SSSR count). The highest BCUT2D eigenvalue weighted by molar-refractivity contribution is 7.92. The minimum Gasteiger partial charge on any atom is -0.462 e.